The Hall–Kier alpha value is -5.17. The van der Waals surface area contributed by atoms with Gasteiger partial charge in [0.15, 0.2) is 0 Å². The number of rotatable bonds is 10. The SMILES string of the molecule is O=C(C=Cc1ccccc1)Oc1ccc(C=NNC(=O)C(Oc2ccccc2)Oc2ccccc2)cc1. The van der Waals surface area contributed by atoms with E-state index in [4.69, 9.17) is 14.2 Å². The zero-order chi connectivity index (χ0) is 25.7. The number of esters is 1. The van der Waals surface area contributed by atoms with E-state index in [-0.39, 0.29) is 0 Å². The maximum absolute atomic E-state index is 12.7. The van der Waals surface area contributed by atoms with Crippen molar-refractivity contribution in [3.05, 3.63) is 132 Å². The van der Waals surface area contributed by atoms with Crippen molar-refractivity contribution in [2.45, 2.75) is 6.29 Å². The number of hydrazone groups is 1. The van der Waals surface area contributed by atoms with Gasteiger partial charge in [0, 0.05) is 6.08 Å². The molecule has 0 bridgehead atoms. The summed E-state index contributed by atoms with van der Waals surface area (Å²) in [6.45, 7) is 0. The molecule has 1 N–H and O–H groups in total. The molecule has 0 saturated carbocycles. The number of ether oxygens (including phenoxy) is 3. The molecule has 0 aliphatic carbocycles. The van der Waals surface area contributed by atoms with Crippen molar-refractivity contribution in [2.75, 3.05) is 0 Å². The van der Waals surface area contributed by atoms with E-state index in [9.17, 15) is 9.59 Å². The van der Waals surface area contributed by atoms with Gasteiger partial charge in [-0.25, -0.2) is 10.2 Å². The van der Waals surface area contributed by atoms with E-state index in [0.29, 0.717) is 22.8 Å². The van der Waals surface area contributed by atoms with Gasteiger partial charge in [0.2, 0.25) is 0 Å². The molecule has 0 atom stereocenters. The van der Waals surface area contributed by atoms with Gasteiger partial charge in [-0.1, -0.05) is 66.7 Å². The fourth-order valence-corrected chi connectivity index (χ4v) is 3.10. The van der Waals surface area contributed by atoms with E-state index in [0.717, 1.165) is 5.56 Å². The number of hydrogen-bond acceptors (Lipinski definition) is 6. The number of hydrogen-bond donors (Lipinski definition) is 1. The molecule has 37 heavy (non-hydrogen) atoms. The van der Waals surface area contributed by atoms with Gasteiger partial charge in [-0.2, -0.15) is 5.10 Å². The van der Waals surface area contributed by atoms with E-state index in [1.165, 1.54) is 12.3 Å². The van der Waals surface area contributed by atoms with Crippen LogP contribution in [0.2, 0.25) is 0 Å². The molecule has 0 unspecified atom stereocenters. The lowest BCUT2D eigenvalue weighted by Gasteiger charge is -2.18. The summed E-state index contributed by atoms with van der Waals surface area (Å²) in [5, 5.41) is 4.00. The van der Waals surface area contributed by atoms with E-state index in [1.54, 1.807) is 78.9 Å². The molecule has 0 heterocycles. The van der Waals surface area contributed by atoms with Gasteiger partial charge in [-0.15, -0.1) is 0 Å². The number of amides is 1. The molecule has 0 aromatic heterocycles. The summed E-state index contributed by atoms with van der Waals surface area (Å²) < 4.78 is 16.7. The third-order valence-corrected chi connectivity index (χ3v) is 4.89. The summed E-state index contributed by atoms with van der Waals surface area (Å²) in [5.74, 6) is 0.272. The molecule has 0 fully saturated rings. The number of nitrogens with one attached hydrogen (secondary N) is 1. The van der Waals surface area contributed by atoms with Gasteiger partial charge >= 0.3 is 18.2 Å². The first-order chi connectivity index (χ1) is 18.2. The van der Waals surface area contributed by atoms with Gasteiger partial charge in [0.05, 0.1) is 6.21 Å². The highest BCUT2D eigenvalue weighted by atomic mass is 16.7. The predicted molar refractivity (Wildman–Crippen MR) is 141 cm³/mol. The Balaban J connectivity index is 1.32. The van der Waals surface area contributed by atoms with Crippen LogP contribution in [0.25, 0.3) is 6.08 Å². The zero-order valence-electron chi connectivity index (χ0n) is 19.8. The van der Waals surface area contributed by atoms with E-state index in [2.05, 4.69) is 10.5 Å². The van der Waals surface area contributed by atoms with Crippen molar-refractivity contribution < 1.29 is 23.8 Å². The molecule has 0 aliphatic heterocycles. The van der Waals surface area contributed by atoms with E-state index in [1.807, 2.05) is 42.5 Å². The fourth-order valence-electron chi connectivity index (χ4n) is 3.10. The van der Waals surface area contributed by atoms with E-state index >= 15 is 0 Å². The minimum atomic E-state index is -1.26. The normalized spacial score (nSPS) is 10.9. The molecule has 0 saturated heterocycles. The number of benzene rings is 4. The first-order valence-corrected chi connectivity index (χ1v) is 11.5. The molecule has 4 rings (SSSR count). The number of para-hydroxylation sites is 2. The van der Waals surface area contributed by atoms with Gasteiger partial charge in [-0.05, 0) is 65.7 Å². The minimum absolute atomic E-state index is 0.386. The fraction of sp³-hybridized carbons (Fsp3) is 0.0333. The van der Waals surface area contributed by atoms with Crippen LogP contribution >= 0.6 is 0 Å². The second-order valence-corrected chi connectivity index (χ2v) is 7.66. The third-order valence-electron chi connectivity index (χ3n) is 4.89. The lowest BCUT2D eigenvalue weighted by Crippen LogP contribution is -2.40. The average molecular weight is 493 g/mol. The van der Waals surface area contributed by atoms with Gasteiger partial charge in [0.25, 0.3) is 0 Å². The number of carbonyl (C=O) groups excluding carboxylic acids is 2. The summed E-state index contributed by atoms with van der Waals surface area (Å²) in [4.78, 5) is 24.8. The summed E-state index contributed by atoms with van der Waals surface area (Å²) in [7, 11) is 0. The monoisotopic (exact) mass is 492 g/mol. The van der Waals surface area contributed by atoms with E-state index < -0.39 is 18.2 Å². The van der Waals surface area contributed by atoms with Crippen molar-refractivity contribution in [3.8, 4) is 17.2 Å². The standard InChI is InChI=1S/C30H24N2O5/c33-28(21-18-23-10-4-1-5-11-23)35-27-19-16-24(17-20-27)22-31-32-29(34)30(36-25-12-6-2-7-13-25)37-26-14-8-3-9-15-26/h1-22,30H,(H,32,34). The highest BCUT2D eigenvalue weighted by molar-refractivity contribution is 5.89. The van der Waals surface area contributed by atoms with Crippen LogP contribution in [0.15, 0.2) is 126 Å². The Kier molecular flexibility index (Phi) is 8.80. The van der Waals surface area contributed by atoms with Crippen LogP contribution in [-0.2, 0) is 9.59 Å². The molecular formula is C30H24N2O5. The molecule has 4 aromatic carbocycles. The van der Waals surface area contributed by atoms with Crippen LogP contribution in [0, 0.1) is 0 Å². The molecular weight excluding hydrogens is 468 g/mol. The Morgan fingerprint density at radius 3 is 1.76 bits per heavy atom. The second kappa shape index (κ2) is 13.1. The summed E-state index contributed by atoms with van der Waals surface area (Å²) in [5.41, 5.74) is 4.02. The molecule has 0 aliphatic rings. The highest BCUT2D eigenvalue weighted by Crippen LogP contribution is 2.16. The maximum atomic E-state index is 12.7. The summed E-state index contributed by atoms with van der Waals surface area (Å²) in [6.07, 6.45) is 3.25. The maximum Gasteiger partial charge on any atom is 0.336 e. The largest absolute Gasteiger partial charge is 0.446 e. The lowest BCUT2D eigenvalue weighted by atomic mass is 10.2. The van der Waals surface area contributed by atoms with Gasteiger partial charge < -0.3 is 14.2 Å². The predicted octanol–water partition coefficient (Wildman–Crippen LogP) is 5.24. The van der Waals surface area contributed by atoms with Crippen LogP contribution in [0.3, 0.4) is 0 Å². The molecule has 0 radical (unpaired) electrons. The Morgan fingerprint density at radius 1 is 0.649 bits per heavy atom. The quantitative estimate of drug-likeness (QED) is 0.0817. The van der Waals surface area contributed by atoms with Crippen LogP contribution < -0.4 is 19.6 Å². The van der Waals surface area contributed by atoms with Crippen LogP contribution in [0.1, 0.15) is 11.1 Å². The topological polar surface area (TPSA) is 86.2 Å². The zero-order valence-corrected chi connectivity index (χ0v) is 19.8. The lowest BCUT2D eigenvalue weighted by molar-refractivity contribution is -0.140. The average Bonchev–Trinajstić information content (AvgIpc) is 2.94. The smallest absolute Gasteiger partial charge is 0.336 e. The Morgan fingerprint density at radius 2 is 1.19 bits per heavy atom. The number of carbonyl (C=O) groups is 2. The Labute approximate surface area is 214 Å². The van der Waals surface area contributed by atoms with Crippen molar-refractivity contribution in [1.82, 2.24) is 5.43 Å². The molecule has 184 valence electrons. The number of nitrogens with zero attached hydrogens (tertiary/aromatic N) is 1. The van der Waals surface area contributed by atoms with Crippen molar-refractivity contribution in [2.24, 2.45) is 5.10 Å². The van der Waals surface area contributed by atoms with Gasteiger partial charge in [0.1, 0.15) is 17.2 Å². The summed E-state index contributed by atoms with van der Waals surface area (Å²) >= 11 is 0. The Bertz CT molecular complexity index is 1300. The molecule has 4 aromatic rings. The second-order valence-electron chi connectivity index (χ2n) is 7.66. The molecule has 7 nitrogen and oxygen atoms in total. The highest BCUT2D eigenvalue weighted by Gasteiger charge is 2.22. The molecule has 1 amide bonds. The minimum Gasteiger partial charge on any atom is -0.446 e. The first kappa shape index (κ1) is 24.9. The van der Waals surface area contributed by atoms with Crippen molar-refractivity contribution in [3.63, 3.8) is 0 Å². The van der Waals surface area contributed by atoms with Crippen LogP contribution in [-0.4, -0.2) is 24.4 Å². The van der Waals surface area contributed by atoms with Gasteiger partial charge in [-0.3, -0.25) is 4.79 Å². The third kappa shape index (κ3) is 8.22. The summed E-state index contributed by atoms with van der Waals surface area (Å²) in [6, 6.07) is 33.9. The van der Waals surface area contributed by atoms with Crippen LogP contribution in [0.4, 0.5) is 0 Å². The van der Waals surface area contributed by atoms with Crippen molar-refractivity contribution in [1.29, 1.82) is 0 Å². The van der Waals surface area contributed by atoms with Crippen molar-refractivity contribution >= 4 is 24.2 Å². The van der Waals surface area contributed by atoms with Crippen LogP contribution in [0.5, 0.6) is 17.2 Å². The molecule has 7 heteroatoms. The first-order valence-electron chi connectivity index (χ1n) is 11.5. The molecule has 0 spiro atoms.